The highest BCUT2D eigenvalue weighted by Gasteiger charge is 2.35. The fourth-order valence-electron chi connectivity index (χ4n) is 2.20. The van der Waals surface area contributed by atoms with Crippen LogP contribution in [0.15, 0.2) is 18.3 Å². The van der Waals surface area contributed by atoms with E-state index >= 15 is 0 Å². The second-order valence-corrected chi connectivity index (χ2v) is 6.75. The van der Waals surface area contributed by atoms with Crippen molar-refractivity contribution >= 4 is 9.84 Å². The van der Waals surface area contributed by atoms with Crippen LogP contribution in [0.4, 0.5) is 0 Å². The minimum absolute atomic E-state index is 0.00244. The lowest BCUT2D eigenvalue weighted by Gasteiger charge is -2.15. The number of aliphatic hydroxyl groups excluding tert-OH is 1. The van der Waals surface area contributed by atoms with Crippen LogP contribution < -0.4 is 5.32 Å². The van der Waals surface area contributed by atoms with E-state index in [0.29, 0.717) is 6.54 Å². The highest BCUT2D eigenvalue weighted by molar-refractivity contribution is 7.91. The lowest BCUT2D eigenvalue weighted by molar-refractivity contribution is 0.165. The predicted octanol–water partition coefficient (Wildman–Crippen LogP) is -0.109. The summed E-state index contributed by atoms with van der Waals surface area (Å²) in [6.45, 7) is 2.54. The van der Waals surface area contributed by atoms with Gasteiger partial charge in [0.2, 0.25) is 0 Å². The number of hydrogen-bond donors (Lipinski definition) is 2. The average Bonchev–Trinajstić information content (AvgIpc) is 2.60. The number of aryl methyl sites for hydroxylation is 1. The van der Waals surface area contributed by atoms with Gasteiger partial charge in [-0.2, -0.15) is 0 Å². The van der Waals surface area contributed by atoms with Crippen LogP contribution in [-0.2, 0) is 22.8 Å². The average molecular weight is 270 g/mol. The van der Waals surface area contributed by atoms with Gasteiger partial charge in [0, 0.05) is 18.8 Å². The van der Waals surface area contributed by atoms with Crippen LogP contribution in [0, 0.1) is 0 Å². The smallest absolute Gasteiger partial charge is 0.154 e. The Bertz CT molecular complexity index is 516. The summed E-state index contributed by atoms with van der Waals surface area (Å²) < 4.78 is 22.7. The van der Waals surface area contributed by atoms with E-state index in [1.807, 2.05) is 12.1 Å². The molecule has 6 heteroatoms. The van der Waals surface area contributed by atoms with Crippen LogP contribution in [0.3, 0.4) is 0 Å². The van der Waals surface area contributed by atoms with E-state index in [1.165, 1.54) is 0 Å². The van der Waals surface area contributed by atoms with Gasteiger partial charge in [-0.05, 0) is 18.1 Å². The fraction of sp³-hybridized carbons (Fsp3) is 0.583. The molecule has 5 nitrogen and oxygen atoms in total. The normalized spacial score (nSPS) is 26.3. The first-order chi connectivity index (χ1) is 8.52. The molecule has 2 atom stereocenters. The first-order valence-corrected chi connectivity index (χ1v) is 7.88. The molecule has 0 amide bonds. The maximum Gasteiger partial charge on any atom is 0.154 e. The van der Waals surface area contributed by atoms with Crippen LogP contribution >= 0.6 is 0 Å². The molecule has 0 aromatic carbocycles. The van der Waals surface area contributed by atoms with Gasteiger partial charge in [-0.3, -0.25) is 4.98 Å². The molecule has 1 aliphatic rings. The molecule has 2 rings (SSSR count). The van der Waals surface area contributed by atoms with Crippen molar-refractivity contribution in [2.45, 2.75) is 32.0 Å². The minimum Gasteiger partial charge on any atom is -0.390 e. The summed E-state index contributed by atoms with van der Waals surface area (Å²) >= 11 is 0. The van der Waals surface area contributed by atoms with Gasteiger partial charge in [0.25, 0.3) is 0 Å². The number of aromatic nitrogens is 1. The summed E-state index contributed by atoms with van der Waals surface area (Å²) in [7, 11) is -3.10. The first kappa shape index (κ1) is 13.5. The number of nitrogens with zero attached hydrogens (tertiary/aromatic N) is 1. The van der Waals surface area contributed by atoms with Crippen LogP contribution in [-0.4, -0.2) is 42.2 Å². The molecule has 18 heavy (non-hydrogen) atoms. The van der Waals surface area contributed by atoms with Gasteiger partial charge in [-0.15, -0.1) is 0 Å². The summed E-state index contributed by atoms with van der Waals surface area (Å²) in [5, 5.41) is 12.8. The molecular formula is C12H18N2O3S. The molecule has 100 valence electrons. The number of hydrogen-bond acceptors (Lipinski definition) is 5. The second-order valence-electron chi connectivity index (χ2n) is 4.59. The van der Waals surface area contributed by atoms with E-state index in [1.54, 1.807) is 6.20 Å². The Labute approximate surface area is 107 Å². The topological polar surface area (TPSA) is 79.3 Å². The lowest BCUT2D eigenvalue weighted by Crippen LogP contribution is -2.38. The van der Waals surface area contributed by atoms with E-state index in [9.17, 15) is 13.5 Å². The SMILES string of the molecule is CCc1cccnc1CNC1CS(=O)(=O)CC1O. The Morgan fingerprint density at radius 2 is 2.28 bits per heavy atom. The molecule has 0 saturated carbocycles. The largest absolute Gasteiger partial charge is 0.390 e. The lowest BCUT2D eigenvalue weighted by atomic mass is 10.1. The molecule has 2 unspecified atom stereocenters. The third kappa shape index (κ3) is 3.07. The van der Waals surface area contributed by atoms with Crippen LogP contribution in [0.5, 0.6) is 0 Å². The Morgan fingerprint density at radius 1 is 1.50 bits per heavy atom. The van der Waals surface area contributed by atoms with Crippen LogP contribution in [0.1, 0.15) is 18.2 Å². The highest BCUT2D eigenvalue weighted by atomic mass is 32.2. The van der Waals surface area contributed by atoms with Gasteiger partial charge in [0.15, 0.2) is 9.84 Å². The number of aliphatic hydroxyl groups is 1. The third-order valence-corrected chi connectivity index (χ3v) is 4.94. The monoisotopic (exact) mass is 270 g/mol. The molecular weight excluding hydrogens is 252 g/mol. The molecule has 1 fully saturated rings. The van der Waals surface area contributed by atoms with E-state index < -0.39 is 15.9 Å². The number of sulfone groups is 1. The summed E-state index contributed by atoms with van der Waals surface area (Å²) in [5.41, 5.74) is 2.05. The van der Waals surface area contributed by atoms with E-state index in [2.05, 4.69) is 17.2 Å². The molecule has 0 spiro atoms. The van der Waals surface area contributed by atoms with Crippen LogP contribution in [0.2, 0.25) is 0 Å². The molecule has 1 aromatic heterocycles. The van der Waals surface area contributed by atoms with Gasteiger partial charge < -0.3 is 10.4 Å². The third-order valence-electron chi connectivity index (χ3n) is 3.22. The van der Waals surface area contributed by atoms with Crippen molar-refractivity contribution in [3.05, 3.63) is 29.6 Å². The Hall–Kier alpha value is -0.980. The summed E-state index contributed by atoms with van der Waals surface area (Å²) in [5.74, 6) is -0.143. The van der Waals surface area contributed by atoms with Gasteiger partial charge in [0.05, 0.1) is 23.3 Å². The molecule has 1 aliphatic heterocycles. The molecule has 1 aromatic rings. The molecule has 1 saturated heterocycles. The standard InChI is InChI=1S/C12H18N2O3S/c1-2-9-4-3-5-13-10(9)6-14-11-7-18(16,17)8-12(11)15/h3-5,11-12,14-15H,2,6-8H2,1H3. The van der Waals surface area contributed by atoms with E-state index in [4.69, 9.17) is 0 Å². The fourth-order valence-corrected chi connectivity index (χ4v) is 3.98. The second kappa shape index (κ2) is 5.34. The number of rotatable bonds is 4. The van der Waals surface area contributed by atoms with Crippen molar-refractivity contribution in [3.8, 4) is 0 Å². The first-order valence-electron chi connectivity index (χ1n) is 6.06. The zero-order chi connectivity index (χ0) is 13.2. The van der Waals surface area contributed by atoms with Crippen molar-refractivity contribution in [1.82, 2.24) is 10.3 Å². The summed E-state index contributed by atoms with van der Waals surface area (Å²) in [6, 6.07) is 3.50. The maximum atomic E-state index is 11.4. The Kier molecular flexibility index (Phi) is 3.99. The van der Waals surface area contributed by atoms with E-state index in [0.717, 1.165) is 17.7 Å². The van der Waals surface area contributed by atoms with Crippen molar-refractivity contribution < 1.29 is 13.5 Å². The number of pyridine rings is 1. The molecule has 0 aliphatic carbocycles. The van der Waals surface area contributed by atoms with Crippen LogP contribution in [0.25, 0.3) is 0 Å². The van der Waals surface area contributed by atoms with Gasteiger partial charge >= 0.3 is 0 Å². The minimum atomic E-state index is -3.10. The van der Waals surface area contributed by atoms with Gasteiger partial charge in [-0.1, -0.05) is 13.0 Å². The highest BCUT2D eigenvalue weighted by Crippen LogP contribution is 2.14. The Balaban J connectivity index is 2.00. The molecule has 2 heterocycles. The van der Waals surface area contributed by atoms with Gasteiger partial charge in [0.1, 0.15) is 0 Å². The molecule has 0 radical (unpaired) electrons. The quantitative estimate of drug-likeness (QED) is 0.798. The number of nitrogens with one attached hydrogen (secondary N) is 1. The molecule has 2 N–H and O–H groups in total. The maximum absolute atomic E-state index is 11.4. The van der Waals surface area contributed by atoms with Crippen molar-refractivity contribution in [2.24, 2.45) is 0 Å². The zero-order valence-corrected chi connectivity index (χ0v) is 11.2. The molecule has 0 bridgehead atoms. The predicted molar refractivity (Wildman–Crippen MR) is 68.9 cm³/mol. The zero-order valence-electron chi connectivity index (χ0n) is 10.3. The summed E-state index contributed by atoms with van der Waals surface area (Å²) in [4.78, 5) is 4.28. The Morgan fingerprint density at radius 3 is 2.89 bits per heavy atom. The van der Waals surface area contributed by atoms with Crippen molar-refractivity contribution in [3.63, 3.8) is 0 Å². The van der Waals surface area contributed by atoms with E-state index in [-0.39, 0.29) is 17.5 Å². The van der Waals surface area contributed by atoms with Gasteiger partial charge in [-0.25, -0.2) is 8.42 Å². The summed E-state index contributed by atoms with van der Waals surface area (Å²) in [6.07, 6.45) is 1.79. The van der Waals surface area contributed by atoms with Crippen molar-refractivity contribution in [2.75, 3.05) is 11.5 Å². The van der Waals surface area contributed by atoms with Crippen molar-refractivity contribution in [1.29, 1.82) is 0 Å².